The number of ether oxygens (including phenoxy) is 1. The van der Waals surface area contributed by atoms with Crippen LogP contribution < -0.4 is 5.73 Å². The Kier molecular flexibility index (Phi) is 4.78. The number of pyridine rings is 1. The molecule has 0 bridgehead atoms. The van der Waals surface area contributed by atoms with Crippen molar-refractivity contribution >= 4 is 33.3 Å². The van der Waals surface area contributed by atoms with Gasteiger partial charge in [-0.1, -0.05) is 42.5 Å². The number of nitrogen functional groups attached to an aromatic ring is 1. The zero-order valence-corrected chi connectivity index (χ0v) is 14.8. The van der Waals surface area contributed by atoms with Crippen LogP contribution in [0.25, 0.3) is 27.3 Å². The zero-order valence-electron chi connectivity index (χ0n) is 14.0. The van der Waals surface area contributed by atoms with Crippen molar-refractivity contribution in [3.8, 4) is 11.1 Å². The molecular weight excluding hydrogens is 330 g/mol. The fourth-order valence-electron chi connectivity index (χ4n) is 3.15. The molecule has 0 radical (unpaired) electrons. The topological polar surface area (TPSA) is 51.4 Å². The number of rotatable bonds is 4. The van der Waals surface area contributed by atoms with Crippen molar-refractivity contribution in [2.75, 3.05) is 38.6 Å². The van der Waals surface area contributed by atoms with E-state index in [1.165, 1.54) is 10.3 Å². The highest BCUT2D eigenvalue weighted by Crippen LogP contribution is 2.38. The van der Waals surface area contributed by atoms with Crippen LogP contribution in [-0.4, -0.2) is 42.7 Å². The van der Waals surface area contributed by atoms with E-state index in [0.29, 0.717) is 5.82 Å². The maximum atomic E-state index is 6.20. The van der Waals surface area contributed by atoms with Crippen LogP contribution in [0.3, 0.4) is 0 Å². The number of nitrogens with zero attached hydrogens (tertiary/aromatic N) is 2. The summed E-state index contributed by atoms with van der Waals surface area (Å²) in [4.78, 5) is 6.83. The third-order valence-corrected chi connectivity index (χ3v) is 5.53. The van der Waals surface area contributed by atoms with Gasteiger partial charge in [0.05, 0.1) is 13.2 Å². The molecule has 0 atom stereocenters. The van der Waals surface area contributed by atoms with Crippen LogP contribution in [0.5, 0.6) is 0 Å². The van der Waals surface area contributed by atoms with Gasteiger partial charge in [0.15, 0.2) is 0 Å². The summed E-state index contributed by atoms with van der Waals surface area (Å²) in [5.41, 5.74) is 9.67. The average molecular weight is 351 g/mol. The smallest absolute Gasteiger partial charge is 0.132 e. The van der Waals surface area contributed by atoms with E-state index in [4.69, 9.17) is 10.5 Å². The summed E-state index contributed by atoms with van der Waals surface area (Å²) < 4.78 is 6.59. The van der Waals surface area contributed by atoms with Crippen LogP contribution in [-0.2, 0) is 4.74 Å². The molecule has 0 amide bonds. The molecule has 3 heterocycles. The number of hydrogen-bond donors (Lipinski definition) is 1. The molecule has 1 fully saturated rings. The summed E-state index contributed by atoms with van der Waals surface area (Å²) in [6.07, 6.45) is 6.24. The van der Waals surface area contributed by atoms with E-state index in [-0.39, 0.29) is 0 Å². The standard InChI is InChI=1S/C20H21N3OS/c21-20-18-17(15-5-2-1-3-6-15)14-25-19(18)16(13-22-20)7-4-8-23-9-11-24-12-10-23/h1-7,13-14H,8-12H2,(H2,21,22). The van der Waals surface area contributed by atoms with Crippen LogP contribution >= 0.6 is 11.3 Å². The maximum absolute atomic E-state index is 6.20. The molecule has 1 aliphatic heterocycles. The van der Waals surface area contributed by atoms with E-state index >= 15 is 0 Å². The van der Waals surface area contributed by atoms with E-state index in [1.54, 1.807) is 11.3 Å². The van der Waals surface area contributed by atoms with Gasteiger partial charge in [-0.15, -0.1) is 11.3 Å². The fourth-order valence-corrected chi connectivity index (χ4v) is 4.23. The van der Waals surface area contributed by atoms with Crippen molar-refractivity contribution in [1.82, 2.24) is 9.88 Å². The second-order valence-electron chi connectivity index (χ2n) is 6.13. The first kappa shape index (κ1) is 16.3. The fraction of sp³-hybridized carbons (Fsp3) is 0.250. The van der Waals surface area contributed by atoms with Crippen molar-refractivity contribution in [3.05, 3.63) is 53.5 Å². The van der Waals surface area contributed by atoms with Gasteiger partial charge in [-0.25, -0.2) is 4.98 Å². The number of anilines is 1. The highest BCUT2D eigenvalue weighted by Gasteiger charge is 2.13. The van der Waals surface area contributed by atoms with E-state index < -0.39 is 0 Å². The Balaban J connectivity index is 1.64. The van der Waals surface area contributed by atoms with Gasteiger partial charge in [-0.05, 0) is 10.9 Å². The molecule has 128 valence electrons. The summed E-state index contributed by atoms with van der Waals surface area (Å²) >= 11 is 1.73. The molecule has 0 unspecified atom stereocenters. The third kappa shape index (κ3) is 3.44. The lowest BCUT2D eigenvalue weighted by Crippen LogP contribution is -2.36. The van der Waals surface area contributed by atoms with Crippen LogP contribution in [0.2, 0.25) is 0 Å². The SMILES string of the molecule is Nc1ncc(C=CCN2CCOCC2)c2scc(-c3ccccc3)c12. The third-order valence-electron chi connectivity index (χ3n) is 4.50. The van der Waals surface area contributed by atoms with Crippen LogP contribution in [0, 0.1) is 0 Å². The number of hydrogen-bond acceptors (Lipinski definition) is 5. The van der Waals surface area contributed by atoms with Gasteiger partial charge >= 0.3 is 0 Å². The van der Waals surface area contributed by atoms with Crippen LogP contribution in [0.15, 0.2) is 48.0 Å². The molecule has 25 heavy (non-hydrogen) atoms. The Hall–Kier alpha value is -2.21. The van der Waals surface area contributed by atoms with Gasteiger partial charge in [0.25, 0.3) is 0 Å². The van der Waals surface area contributed by atoms with E-state index in [9.17, 15) is 0 Å². The lowest BCUT2D eigenvalue weighted by atomic mass is 10.0. The van der Waals surface area contributed by atoms with Crippen molar-refractivity contribution in [3.63, 3.8) is 0 Å². The Morgan fingerprint density at radius 3 is 2.80 bits per heavy atom. The predicted molar refractivity (Wildman–Crippen MR) is 106 cm³/mol. The van der Waals surface area contributed by atoms with Crippen molar-refractivity contribution < 1.29 is 4.74 Å². The van der Waals surface area contributed by atoms with Gasteiger partial charge in [0.1, 0.15) is 5.82 Å². The molecule has 3 aromatic rings. The number of nitrogens with two attached hydrogens (primary N) is 1. The van der Waals surface area contributed by atoms with Gasteiger partial charge < -0.3 is 10.5 Å². The maximum Gasteiger partial charge on any atom is 0.132 e. The minimum absolute atomic E-state index is 0.598. The Bertz CT molecular complexity index is 883. The molecule has 2 N–H and O–H groups in total. The molecule has 0 saturated carbocycles. The molecule has 1 saturated heterocycles. The normalized spacial score (nSPS) is 16.0. The lowest BCUT2D eigenvalue weighted by Gasteiger charge is -2.25. The quantitative estimate of drug-likeness (QED) is 0.775. The van der Waals surface area contributed by atoms with Gasteiger partial charge in [-0.2, -0.15) is 0 Å². The van der Waals surface area contributed by atoms with Crippen LogP contribution in [0.4, 0.5) is 5.82 Å². The van der Waals surface area contributed by atoms with E-state index in [1.807, 2.05) is 12.3 Å². The summed E-state index contributed by atoms with van der Waals surface area (Å²) in [5, 5.41) is 3.24. The summed E-state index contributed by atoms with van der Waals surface area (Å²) in [6, 6.07) is 10.4. The Labute approximate surface area is 151 Å². The van der Waals surface area contributed by atoms with Crippen LogP contribution in [0.1, 0.15) is 5.56 Å². The first-order valence-electron chi connectivity index (χ1n) is 8.50. The predicted octanol–water partition coefficient (Wildman–Crippen LogP) is 3.89. The largest absolute Gasteiger partial charge is 0.383 e. The summed E-state index contributed by atoms with van der Waals surface area (Å²) in [5.74, 6) is 0.598. The second-order valence-corrected chi connectivity index (χ2v) is 7.01. The van der Waals surface area contributed by atoms with Gasteiger partial charge in [0, 0.05) is 47.0 Å². The second kappa shape index (κ2) is 7.35. The molecular formula is C20H21N3OS. The average Bonchev–Trinajstić information content (AvgIpc) is 3.11. The minimum Gasteiger partial charge on any atom is -0.383 e. The number of thiophene rings is 1. The zero-order chi connectivity index (χ0) is 17.1. The van der Waals surface area contributed by atoms with E-state index in [2.05, 4.69) is 51.7 Å². The van der Waals surface area contributed by atoms with Crippen molar-refractivity contribution in [2.24, 2.45) is 0 Å². The molecule has 0 aliphatic carbocycles. The van der Waals surface area contributed by atoms with Gasteiger partial charge in [0.2, 0.25) is 0 Å². The highest BCUT2D eigenvalue weighted by molar-refractivity contribution is 7.18. The first-order chi connectivity index (χ1) is 12.3. The number of morpholine rings is 1. The van der Waals surface area contributed by atoms with Gasteiger partial charge in [-0.3, -0.25) is 4.90 Å². The first-order valence-corrected chi connectivity index (χ1v) is 9.38. The summed E-state index contributed by atoms with van der Waals surface area (Å²) in [6.45, 7) is 4.58. The van der Waals surface area contributed by atoms with E-state index in [0.717, 1.165) is 49.4 Å². The number of fused-ring (bicyclic) bond motifs is 1. The molecule has 1 aromatic carbocycles. The lowest BCUT2D eigenvalue weighted by molar-refractivity contribution is 0.0435. The summed E-state index contributed by atoms with van der Waals surface area (Å²) in [7, 11) is 0. The number of aromatic nitrogens is 1. The van der Waals surface area contributed by atoms with Crippen molar-refractivity contribution in [2.45, 2.75) is 0 Å². The molecule has 1 aliphatic rings. The Morgan fingerprint density at radius 1 is 1.20 bits per heavy atom. The molecule has 5 heteroatoms. The monoisotopic (exact) mass is 351 g/mol. The molecule has 0 spiro atoms. The number of benzene rings is 1. The molecule has 2 aromatic heterocycles. The Morgan fingerprint density at radius 2 is 2.00 bits per heavy atom. The highest BCUT2D eigenvalue weighted by atomic mass is 32.1. The molecule has 4 rings (SSSR count). The minimum atomic E-state index is 0.598. The molecule has 4 nitrogen and oxygen atoms in total. The van der Waals surface area contributed by atoms with Crippen molar-refractivity contribution in [1.29, 1.82) is 0 Å².